The molecule has 2 amide bonds. The number of anilines is 1. The van der Waals surface area contributed by atoms with Crippen molar-refractivity contribution in [2.24, 2.45) is 0 Å². The van der Waals surface area contributed by atoms with Crippen LogP contribution >= 0.6 is 0 Å². The predicted molar refractivity (Wildman–Crippen MR) is 124 cm³/mol. The highest BCUT2D eigenvalue weighted by atomic mass is 19.1. The Kier molecular flexibility index (Phi) is 5.60. The summed E-state index contributed by atoms with van der Waals surface area (Å²) in [7, 11) is 0. The van der Waals surface area contributed by atoms with E-state index in [1.54, 1.807) is 6.92 Å². The van der Waals surface area contributed by atoms with Crippen molar-refractivity contribution in [3.8, 4) is 11.4 Å². The molecular formula is C26H19F3N4O2. The number of hydrogen-bond donors (Lipinski definition) is 1. The molecule has 3 aromatic carbocycles. The van der Waals surface area contributed by atoms with Crippen molar-refractivity contribution in [2.75, 3.05) is 4.90 Å². The molecular weight excluding hydrogens is 457 g/mol. The third-order valence-electron chi connectivity index (χ3n) is 5.76. The van der Waals surface area contributed by atoms with E-state index >= 15 is 0 Å². The standard InChI is InChI=1S/C26H19F3N4O2/c1-14-3-5-16(6-4-14)23-22(25-31-24(32-35-25)17-7-9-18(27)10-8-17)15(2)33(26(34)30-23)21-12-19(28)11-20(29)13-21/h3-13,23H,1-2H3,(H,30,34). The summed E-state index contributed by atoms with van der Waals surface area (Å²) in [5.74, 6) is -1.71. The number of aromatic nitrogens is 2. The van der Waals surface area contributed by atoms with Crippen molar-refractivity contribution in [1.29, 1.82) is 0 Å². The molecule has 1 aromatic heterocycles. The van der Waals surface area contributed by atoms with Crippen molar-refractivity contribution in [2.45, 2.75) is 19.9 Å². The number of amides is 2. The van der Waals surface area contributed by atoms with Gasteiger partial charge in [0.25, 0.3) is 5.89 Å². The molecule has 6 nitrogen and oxygen atoms in total. The number of carbonyl (C=O) groups is 1. The maximum Gasteiger partial charge on any atom is 0.327 e. The number of allylic oxidation sites excluding steroid dienone is 1. The molecule has 1 unspecified atom stereocenters. The topological polar surface area (TPSA) is 71.3 Å². The van der Waals surface area contributed by atoms with Gasteiger partial charge in [0.2, 0.25) is 5.82 Å². The van der Waals surface area contributed by atoms with E-state index in [-0.39, 0.29) is 17.4 Å². The first-order valence-electron chi connectivity index (χ1n) is 10.7. The lowest BCUT2D eigenvalue weighted by Crippen LogP contribution is -2.46. The van der Waals surface area contributed by atoms with Crippen molar-refractivity contribution in [3.05, 3.63) is 107 Å². The molecule has 0 bridgehead atoms. The largest absolute Gasteiger partial charge is 0.334 e. The summed E-state index contributed by atoms with van der Waals surface area (Å²) in [6.45, 7) is 3.58. The zero-order valence-electron chi connectivity index (χ0n) is 18.7. The number of rotatable bonds is 4. The minimum atomic E-state index is -0.820. The Morgan fingerprint density at radius 3 is 2.20 bits per heavy atom. The molecule has 0 radical (unpaired) electrons. The lowest BCUT2D eigenvalue weighted by atomic mass is 9.94. The van der Waals surface area contributed by atoms with Crippen LogP contribution in [0.4, 0.5) is 23.7 Å². The molecule has 0 saturated heterocycles. The van der Waals surface area contributed by atoms with Gasteiger partial charge in [0.05, 0.1) is 17.3 Å². The quantitative estimate of drug-likeness (QED) is 0.383. The van der Waals surface area contributed by atoms with Gasteiger partial charge in [-0.2, -0.15) is 4.98 Å². The highest BCUT2D eigenvalue weighted by molar-refractivity contribution is 6.01. The van der Waals surface area contributed by atoms with Gasteiger partial charge in [-0.3, -0.25) is 4.90 Å². The lowest BCUT2D eigenvalue weighted by Gasteiger charge is -2.35. The molecule has 1 atom stereocenters. The maximum atomic E-state index is 14.0. The smallest absolute Gasteiger partial charge is 0.327 e. The molecule has 2 heterocycles. The SMILES string of the molecule is CC1=C(c2nc(-c3ccc(F)cc3)no2)C(c2ccc(C)cc2)NC(=O)N1c1cc(F)cc(F)c1. The molecule has 1 aliphatic rings. The van der Waals surface area contributed by atoms with Gasteiger partial charge in [-0.15, -0.1) is 0 Å². The van der Waals surface area contributed by atoms with Crippen LogP contribution in [-0.2, 0) is 0 Å². The zero-order chi connectivity index (χ0) is 24.7. The normalized spacial score (nSPS) is 16.0. The fourth-order valence-electron chi connectivity index (χ4n) is 4.06. The molecule has 35 heavy (non-hydrogen) atoms. The Morgan fingerprint density at radius 1 is 0.886 bits per heavy atom. The second-order valence-electron chi connectivity index (χ2n) is 8.19. The van der Waals surface area contributed by atoms with Crippen LogP contribution < -0.4 is 10.2 Å². The van der Waals surface area contributed by atoms with E-state index in [0.717, 1.165) is 34.2 Å². The van der Waals surface area contributed by atoms with Gasteiger partial charge in [0.1, 0.15) is 17.5 Å². The van der Waals surface area contributed by atoms with E-state index in [2.05, 4.69) is 15.5 Å². The number of halogens is 3. The number of nitrogens with one attached hydrogen (secondary N) is 1. The Balaban J connectivity index is 1.66. The summed E-state index contributed by atoms with van der Waals surface area (Å²) in [6, 6.07) is 14.8. The van der Waals surface area contributed by atoms with E-state index in [4.69, 9.17) is 4.52 Å². The molecule has 1 aliphatic heterocycles. The van der Waals surface area contributed by atoms with E-state index < -0.39 is 29.5 Å². The molecule has 0 aliphatic carbocycles. The summed E-state index contributed by atoms with van der Waals surface area (Å²) in [4.78, 5) is 18.8. The van der Waals surface area contributed by atoms with Gasteiger partial charge in [-0.1, -0.05) is 35.0 Å². The van der Waals surface area contributed by atoms with Crippen LogP contribution in [0.2, 0.25) is 0 Å². The molecule has 1 N–H and O–H groups in total. The molecule has 0 saturated carbocycles. The first-order chi connectivity index (χ1) is 16.8. The highest BCUT2D eigenvalue weighted by Gasteiger charge is 2.36. The summed E-state index contributed by atoms with van der Waals surface area (Å²) in [6.07, 6.45) is 0. The maximum absolute atomic E-state index is 14.0. The van der Waals surface area contributed by atoms with Crippen LogP contribution in [0, 0.1) is 24.4 Å². The first-order valence-corrected chi connectivity index (χ1v) is 10.7. The Labute approximate surface area is 198 Å². The second-order valence-corrected chi connectivity index (χ2v) is 8.19. The fourth-order valence-corrected chi connectivity index (χ4v) is 4.06. The first kappa shape index (κ1) is 22.4. The summed E-state index contributed by atoms with van der Waals surface area (Å²) in [5.41, 5.74) is 3.15. The summed E-state index contributed by atoms with van der Waals surface area (Å²) in [5, 5.41) is 6.90. The second kappa shape index (κ2) is 8.75. The number of carbonyl (C=O) groups excluding carboxylic acids is 1. The Morgan fingerprint density at radius 2 is 1.54 bits per heavy atom. The number of aryl methyl sites for hydroxylation is 1. The monoisotopic (exact) mass is 476 g/mol. The number of urea groups is 1. The van der Waals surface area contributed by atoms with Crippen LogP contribution in [-0.4, -0.2) is 16.2 Å². The van der Waals surface area contributed by atoms with E-state index in [0.29, 0.717) is 16.8 Å². The van der Waals surface area contributed by atoms with Crippen LogP contribution in [0.1, 0.15) is 30.0 Å². The van der Waals surface area contributed by atoms with E-state index in [1.165, 1.54) is 24.3 Å². The van der Waals surface area contributed by atoms with Gasteiger partial charge in [0.15, 0.2) is 0 Å². The van der Waals surface area contributed by atoms with Crippen LogP contribution in [0.25, 0.3) is 17.0 Å². The van der Waals surface area contributed by atoms with E-state index in [9.17, 15) is 18.0 Å². The van der Waals surface area contributed by atoms with Crippen LogP contribution in [0.3, 0.4) is 0 Å². The van der Waals surface area contributed by atoms with Crippen molar-refractivity contribution < 1.29 is 22.5 Å². The molecule has 0 spiro atoms. The number of hydrogen-bond acceptors (Lipinski definition) is 4. The summed E-state index contributed by atoms with van der Waals surface area (Å²) >= 11 is 0. The van der Waals surface area contributed by atoms with Gasteiger partial charge >= 0.3 is 6.03 Å². The van der Waals surface area contributed by atoms with Gasteiger partial charge in [-0.25, -0.2) is 18.0 Å². The van der Waals surface area contributed by atoms with Crippen LogP contribution in [0.15, 0.2) is 77.0 Å². The molecule has 5 rings (SSSR count). The predicted octanol–water partition coefficient (Wildman–Crippen LogP) is 6.16. The van der Waals surface area contributed by atoms with Gasteiger partial charge < -0.3 is 9.84 Å². The van der Waals surface area contributed by atoms with Crippen molar-refractivity contribution in [3.63, 3.8) is 0 Å². The molecule has 9 heteroatoms. The Bertz CT molecular complexity index is 1430. The van der Waals surface area contributed by atoms with Crippen molar-refractivity contribution in [1.82, 2.24) is 15.5 Å². The lowest BCUT2D eigenvalue weighted by molar-refractivity contribution is 0.244. The van der Waals surface area contributed by atoms with E-state index in [1.807, 2.05) is 31.2 Å². The van der Waals surface area contributed by atoms with Crippen LogP contribution in [0.5, 0.6) is 0 Å². The van der Waals surface area contributed by atoms with Crippen molar-refractivity contribution >= 4 is 17.3 Å². The van der Waals surface area contributed by atoms with Gasteiger partial charge in [0, 0.05) is 17.3 Å². The average Bonchev–Trinajstić information content (AvgIpc) is 3.29. The highest BCUT2D eigenvalue weighted by Crippen LogP contribution is 2.39. The number of nitrogens with zero attached hydrogens (tertiary/aromatic N) is 3. The summed E-state index contributed by atoms with van der Waals surface area (Å²) < 4.78 is 46.9. The third-order valence-corrected chi connectivity index (χ3v) is 5.76. The molecule has 176 valence electrons. The fraction of sp³-hybridized carbons (Fsp3) is 0.115. The minimum absolute atomic E-state index is 0.00984. The molecule has 0 fully saturated rings. The zero-order valence-corrected chi connectivity index (χ0v) is 18.7. The molecule has 4 aromatic rings. The Hall–Kier alpha value is -4.40. The third kappa shape index (κ3) is 4.28. The van der Waals surface area contributed by atoms with Gasteiger partial charge in [-0.05, 0) is 55.8 Å². The number of benzene rings is 3. The average molecular weight is 476 g/mol. The minimum Gasteiger partial charge on any atom is -0.334 e.